The summed E-state index contributed by atoms with van der Waals surface area (Å²) >= 11 is 1.27. The molecule has 28 heavy (non-hydrogen) atoms. The Balaban J connectivity index is 1.53. The fourth-order valence-electron chi connectivity index (χ4n) is 3.02. The molecule has 7 heteroatoms. The third kappa shape index (κ3) is 3.75. The average molecular weight is 394 g/mol. The number of esters is 1. The SMILES string of the molecule is Cc1ccc(C2=NN(C(=O)COC(=O)c3cccs3)C(c3ccco3)C2)cc1. The fraction of sp³-hybridized carbons (Fsp3) is 0.190. The summed E-state index contributed by atoms with van der Waals surface area (Å²) in [5.41, 5.74) is 2.89. The summed E-state index contributed by atoms with van der Waals surface area (Å²) in [6.45, 7) is 1.64. The standard InChI is InChI=1S/C21H18N2O4S/c1-14-6-8-15(9-7-14)16-12-17(18-4-2-10-26-18)23(22-16)20(24)13-27-21(25)19-5-3-11-28-19/h2-11,17H,12-13H2,1H3. The highest BCUT2D eigenvalue weighted by atomic mass is 32.1. The number of hydrogen-bond acceptors (Lipinski definition) is 6. The van der Waals surface area contributed by atoms with Crippen molar-refractivity contribution in [3.05, 3.63) is 81.9 Å². The van der Waals surface area contributed by atoms with Gasteiger partial charge in [-0.25, -0.2) is 9.80 Å². The van der Waals surface area contributed by atoms with Gasteiger partial charge in [-0.1, -0.05) is 35.9 Å². The Kier molecular flexibility index (Phi) is 5.08. The Hall–Kier alpha value is -3.19. The first-order valence-electron chi connectivity index (χ1n) is 8.82. The molecule has 0 spiro atoms. The van der Waals surface area contributed by atoms with E-state index in [0.29, 0.717) is 17.1 Å². The molecule has 142 valence electrons. The maximum Gasteiger partial charge on any atom is 0.348 e. The minimum absolute atomic E-state index is 0.362. The normalized spacial score (nSPS) is 16.1. The monoisotopic (exact) mass is 394 g/mol. The molecule has 4 rings (SSSR count). The number of hydrazone groups is 1. The molecule has 0 N–H and O–H groups in total. The van der Waals surface area contributed by atoms with Gasteiger partial charge >= 0.3 is 5.97 Å². The summed E-state index contributed by atoms with van der Waals surface area (Å²) < 4.78 is 10.7. The van der Waals surface area contributed by atoms with Crippen LogP contribution < -0.4 is 0 Å². The number of benzene rings is 1. The van der Waals surface area contributed by atoms with Gasteiger partial charge in [0.05, 0.1) is 12.0 Å². The maximum atomic E-state index is 12.8. The number of hydrogen-bond donors (Lipinski definition) is 0. The number of thiophene rings is 1. The summed E-state index contributed by atoms with van der Waals surface area (Å²) in [6.07, 6.45) is 2.10. The van der Waals surface area contributed by atoms with Crippen LogP contribution in [0, 0.1) is 6.92 Å². The highest BCUT2D eigenvalue weighted by Gasteiger charge is 2.35. The molecule has 3 heterocycles. The average Bonchev–Trinajstić information content (AvgIpc) is 3.47. The number of furan rings is 1. The van der Waals surface area contributed by atoms with Crippen LogP contribution in [0.4, 0.5) is 0 Å². The van der Waals surface area contributed by atoms with Crippen molar-refractivity contribution in [3.63, 3.8) is 0 Å². The van der Waals surface area contributed by atoms with Crippen LogP contribution in [0.1, 0.15) is 39.0 Å². The third-order valence-electron chi connectivity index (χ3n) is 4.47. The molecule has 1 aliphatic rings. The molecule has 1 aliphatic heterocycles. The van der Waals surface area contributed by atoms with Crippen molar-refractivity contribution in [1.29, 1.82) is 0 Å². The van der Waals surface area contributed by atoms with Crippen molar-refractivity contribution < 1.29 is 18.7 Å². The van der Waals surface area contributed by atoms with Crippen LogP contribution in [0.15, 0.2) is 69.7 Å². The minimum Gasteiger partial charge on any atom is -0.467 e. The predicted molar refractivity (Wildman–Crippen MR) is 105 cm³/mol. The molecule has 0 saturated heterocycles. The van der Waals surface area contributed by atoms with Gasteiger partial charge in [0.25, 0.3) is 5.91 Å². The van der Waals surface area contributed by atoms with E-state index in [1.54, 1.807) is 29.8 Å². The first kappa shape index (κ1) is 18.2. The molecule has 1 atom stereocenters. The summed E-state index contributed by atoms with van der Waals surface area (Å²) in [7, 11) is 0. The quantitative estimate of drug-likeness (QED) is 0.609. The summed E-state index contributed by atoms with van der Waals surface area (Å²) in [5.74, 6) is -0.267. The van der Waals surface area contributed by atoms with Crippen LogP contribution >= 0.6 is 11.3 Å². The highest BCUT2D eigenvalue weighted by molar-refractivity contribution is 7.11. The molecule has 6 nitrogen and oxygen atoms in total. The molecule has 0 radical (unpaired) electrons. The number of rotatable bonds is 5. The predicted octanol–water partition coefficient (Wildman–Crippen LogP) is 4.18. The highest BCUT2D eigenvalue weighted by Crippen LogP contribution is 2.33. The first-order valence-corrected chi connectivity index (χ1v) is 9.70. The number of carbonyl (C=O) groups excluding carboxylic acids is 2. The third-order valence-corrected chi connectivity index (χ3v) is 5.32. The zero-order valence-electron chi connectivity index (χ0n) is 15.2. The van der Waals surface area contributed by atoms with Gasteiger partial charge in [-0.3, -0.25) is 4.79 Å². The lowest BCUT2D eigenvalue weighted by Crippen LogP contribution is -2.31. The summed E-state index contributed by atoms with van der Waals surface area (Å²) in [4.78, 5) is 25.2. The van der Waals surface area contributed by atoms with Crippen LogP contribution in [0.5, 0.6) is 0 Å². The molecule has 1 unspecified atom stereocenters. The number of nitrogens with zero attached hydrogens (tertiary/aromatic N) is 2. The zero-order valence-corrected chi connectivity index (χ0v) is 16.0. The number of carbonyl (C=O) groups is 2. The van der Waals surface area contributed by atoms with Gasteiger partial charge in [-0.05, 0) is 36.1 Å². The van der Waals surface area contributed by atoms with Crippen molar-refractivity contribution in [1.82, 2.24) is 5.01 Å². The van der Waals surface area contributed by atoms with E-state index >= 15 is 0 Å². The molecular weight excluding hydrogens is 376 g/mol. The summed E-state index contributed by atoms with van der Waals surface area (Å²) in [5, 5.41) is 7.66. The van der Waals surface area contributed by atoms with E-state index in [9.17, 15) is 9.59 Å². The molecule has 0 aliphatic carbocycles. The fourth-order valence-corrected chi connectivity index (χ4v) is 3.64. The van der Waals surface area contributed by atoms with Gasteiger partial charge in [0, 0.05) is 6.42 Å². The largest absolute Gasteiger partial charge is 0.467 e. The van der Waals surface area contributed by atoms with Gasteiger partial charge in [0.1, 0.15) is 16.7 Å². The second kappa shape index (κ2) is 7.82. The zero-order chi connectivity index (χ0) is 19.5. The maximum absolute atomic E-state index is 12.8. The van der Waals surface area contributed by atoms with E-state index in [1.807, 2.05) is 37.3 Å². The molecule has 0 fully saturated rings. The van der Waals surface area contributed by atoms with Crippen LogP contribution in [0.25, 0.3) is 0 Å². The molecule has 1 aromatic carbocycles. The Morgan fingerprint density at radius 1 is 1.21 bits per heavy atom. The molecule has 0 bridgehead atoms. The van der Waals surface area contributed by atoms with Crippen LogP contribution in [-0.4, -0.2) is 29.2 Å². The van der Waals surface area contributed by atoms with Gasteiger partial charge in [0.2, 0.25) is 0 Å². The van der Waals surface area contributed by atoms with Crippen molar-refractivity contribution in [2.24, 2.45) is 5.10 Å². The molecule has 1 amide bonds. The Morgan fingerprint density at radius 3 is 2.71 bits per heavy atom. The van der Waals surface area contributed by atoms with E-state index in [-0.39, 0.29) is 12.6 Å². The van der Waals surface area contributed by atoms with E-state index in [0.717, 1.165) is 16.8 Å². The number of ether oxygens (including phenoxy) is 1. The van der Waals surface area contributed by atoms with Crippen LogP contribution in [0.2, 0.25) is 0 Å². The molecule has 2 aromatic heterocycles. The van der Waals surface area contributed by atoms with Gasteiger partial charge in [-0.15, -0.1) is 11.3 Å². The van der Waals surface area contributed by atoms with Crippen LogP contribution in [-0.2, 0) is 9.53 Å². The van der Waals surface area contributed by atoms with Gasteiger partial charge < -0.3 is 9.15 Å². The Labute approximate surface area is 166 Å². The molecule has 3 aromatic rings. The van der Waals surface area contributed by atoms with E-state index in [4.69, 9.17) is 9.15 Å². The van der Waals surface area contributed by atoms with E-state index in [1.165, 1.54) is 16.3 Å². The number of amides is 1. The number of aryl methyl sites for hydroxylation is 1. The lowest BCUT2D eigenvalue weighted by molar-refractivity contribution is -0.136. The topological polar surface area (TPSA) is 72.1 Å². The van der Waals surface area contributed by atoms with E-state index < -0.39 is 11.9 Å². The second-order valence-electron chi connectivity index (χ2n) is 6.44. The smallest absolute Gasteiger partial charge is 0.348 e. The Morgan fingerprint density at radius 2 is 2.04 bits per heavy atom. The second-order valence-corrected chi connectivity index (χ2v) is 7.39. The van der Waals surface area contributed by atoms with Gasteiger partial charge in [-0.2, -0.15) is 5.10 Å². The van der Waals surface area contributed by atoms with Crippen molar-refractivity contribution >= 4 is 28.9 Å². The van der Waals surface area contributed by atoms with Crippen LogP contribution in [0.3, 0.4) is 0 Å². The van der Waals surface area contributed by atoms with Crippen molar-refractivity contribution in [2.45, 2.75) is 19.4 Å². The van der Waals surface area contributed by atoms with Crippen molar-refractivity contribution in [3.8, 4) is 0 Å². The lowest BCUT2D eigenvalue weighted by Gasteiger charge is -2.19. The first-order chi connectivity index (χ1) is 13.6. The summed E-state index contributed by atoms with van der Waals surface area (Å²) in [6, 6.07) is 14.6. The molecule has 0 saturated carbocycles. The lowest BCUT2D eigenvalue weighted by atomic mass is 10.0. The van der Waals surface area contributed by atoms with Gasteiger partial charge in [0.15, 0.2) is 6.61 Å². The minimum atomic E-state index is -0.514. The van der Waals surface area contributed by atoms with Crippen molar-refractivity contribution in [2.75, 3.05) is 6.61 Å². The molecular formula is C21H18N2O4S. The Bertz CT molecular complexity index is 992. The van der Waals surface area contributed by atoms with E-state index in [2.05, 4.69) is 5.10 Å².